The third-order valence-electron chi connectivity index (χ3n) is 5.47. The van der Waals surface area contributed by atoms with Crippen LogP contribution in [0.1, 0.15) is 25.8 Å². The molecular formula is C27H32F5NO8. The number of nitrogens with zero attached hydrogens (tertiary/aromatic N) is 1. The molecule has 0 heterocycles. The zero-order valence-corrected chi connectivity index (χ0v) is 22.5. The standard InChI is InChI=1S/C27H32F5NO8/c1-3-26(28,29)18-37-15-13-33(25(36)40-21-9-11-22(12-10-21)41-27(30,31)32)14-16-39-20-7-5-19(6-8-20)17-23(24(34)35)38-4-2/h5-12,23H,3-4,13-18H2,1-2H3,(H,34,35). The van der Waals surface area contributed by atoms with Gasteiger partial charge in [0.15, 0.2) is 6.10 Å². The predicted molar refractivity (Wildman–Crippen MR) is 135 cm³/mol. The third-order valence-corrected chi connectivity index (χ3v) is 5.47. The summed E-state index contributed by atoms with van der Waals surface area (Å²) < 4.78 is 88.8. The largest absolute Gasteiger partial charge is 0.573 e. The van der Waals surface area contributed by atoms with E-state index in [9.17, 15) is 36.6 Å². The average Bonchev–Trinajstić information content (AvgIpc) is 2.90. The van der Waals surface area contributed by atoms with Gasteiger partial charge in [0, 0.05) is 26.0 Å². The summed E-state index contributed by atoms with van der Waals surface area (Å²) >= 11 is 0. The first-order chi connectivity index (χ1) is 19.3. The Hall–Kier alpha value is -3.65. The summed E-state index contributed by atoms with van der Waals surface area (Å²) in [7, 11) is 0. The van der Waals surface area contributed by atoms with Gasteiger partial charge in [0.2, 0.25) is 0 Å². The van der Waals surface area contributed by atoms with Crippen LogP contribution in [0.25, 0.3) is 0 Å². The van der Waals surface area contributed by atoms with Crippen molar-refractivity contribution in [3.8, 4) is 17.2 Å². The minimum atomic E-state index is -4.88. The molecule has 0 radical (unpaired) electrons. The van der Waals surface area contributed by atoms with Crippen molar-refractivity contribution in [2.24, 2.45) is 0 Å². The normalized spacial score (nSPS) is 12.5. The van der Waals surface area contributed by atoms with Gasteiger partial charge in [-0.1, -0.05) is 19.1 Å². The number of hydrogen-bond acceptors (Lipinski definition) is 7. The van der Waals surface area contributed by atoms with E-state index in [1.807, 2.05) is 0 Å². The number of benzene rings is 2. The molecule has 14 heteroatoms. The summed E-state index contributed by atoms with van der Waals surface area (Å²) in [6.45, 7) is 1.98. The molecule has 0 bridgehead atoms. The van der Waals surface area contributed by atoms with E-state index < -0.39 is 49.2 Å². The zero-order chi connectivity index (χ0) is 30.5. The molecule has 0 aliphatic heterocycles. The highest BCUT2D eigenvalue weighted by atomic mass is 19.4. The molecule has 0 spiro atoms. The lowest BCUT2D eigenvalue weighted by molar-refractivity contribution is -0.274. The van der Waals surface area contributed by atoms with Gasteiger partial charge in [-0.15, -0.1) is 13.2 Å². The Morgan fingerprint density at radius 2 is 1.46 bits per heavy atom. The van der Waals surface area contributed by atoms with Crippen LogP contribution in [0.3, 0.4) is 0 Å². The number of hydrogen-bond donors (Lipinski definition) is 1. The quantitative estimate of drug-likeness (QED) is 0.188. The molecule has 0 fully saturated rings. The van der Waals surface area contributed by atoms with Crippen LogP contribution in [0, 0.1) is 0 Å². The van der Waals surface area contributed by atoms with Gasteiger partial charge in [-0.2, -0.15) is 0 Å². The van der Waals surface area contributed by atoms with E-state index >= 15 is 0 Å². The lowest BCUT2D eigenvalue weighted by Crippen LogP contribution is -2.39. The van der Waals surface area contributed by atoms with Crippen molar-refractivity contribution in [3.63, 3.8) is 0 Å². The minimum absolute atomic E-state index is 0.0331. The van der Waals surface area contributed by atoms with Crippen LogP contribution in [0.5, 0.6) is 17.2 Å². The number of carbonyl (C=O) groups excluding carboxylic acids is 1. The smallest absolute Gasteiger partial charge is 0.492 e. The number of rotatable bonds is 17. The maximum absolute atomic E-state index is 13.5. The second-order valence-electron chi connectivity index (χ2n) is 8.62. The third kappa shape index (κ3) is 13.0. The van der Waals surface area contributed by atoms with Crippen LogP contribution in [0.4, 0.5) is 26.7 Å². The molecule has 0 saturated heterocycles. The first-order valence-electron chi connectivity index (χ1n) is 12.7. The molecule has 2 rings (SSSR count). The van der Waals surface area contributed by atoms with Crippen molar-refractivity contribution in [1.82, 2.24) is 4.90 Å². The van der Waals surface area contributed by atoms with Crippen molar-refractivity contribution in [1.29, 1.82) is 0 Å². The maximum Gasteiger partial charge on any atom is 0.573 e. The maximum atomic E-state index is 13.5. The highest BCUT2D eigenvalue weighted by Crippen LogP contribution is 2.25. The minimum Gasteiger partial charge on any atom is -0.492 e. The Morgan fingerprint density at radius 3 is 2.02 bits per heavy atom. The molecule has 0 aliphatic rings. The molecule has 1 N–H and O–H groups in total. The van der Waals surface area contributed by atoms with Crippen LogP contribution >= 0.6 is 0 Å². The van der Waals surface area contributed by atoms with E-state index in [1.165, 1.54) is 6.92 Å². The van der Waals surface area contributed by atoms with Gasteiger partial charge < -0.3 is 33.7 Å². The number of ether oxygens (including phenoxy) is 5. The Balaban J connectivity index is 1.97. The topological polar surface area (TPSA) is 104 Å². The number of halogens is 5. The fourth-order valence-electron chi connectivity index (χ4n) is 3.30. The predicted octanol–water partition coefficient (Wildman–Crippen LogP) is 5.56. The Kier molecular flexibility index (Phi) is 13.1. The van der Waals surface area contributed by atoms with Crippen molar-refractivity contribution in [3.05, 3.63) is 54.1 Å². The molecule has 228 valence electrons. The van der Waals surface area contributed by atoms with Crippen LogP contribution in [-0.2, 0) is 20.7 Å². The van der Waals surface area contributed by atoms with E-state index in [-0.39, 0.29) is 45.1 Å². The number of amides is 1. The van der Waals surface area contributed by atoms with Crippen molar-refractivity contribution in [2.45, 2.75) is 45.1 Å². The average molecular weight is 594 g/mol. The van der Waals surface area contributed by atoms with Crippen LogP contribution in [0.2, 0.25) is 0 Å². The summed E-state index contributed by atoms with van der Waals surface area (Å²) in [6, 6.07) is 10.7. The summed E-state index contributed by atoms with van der Waals surface area (Å²) in [5.41, 5.74) is 0.705. The molecule has 1 atom stereocenters. The molecule has 1 amide bonds. The summed E-state index contributed by atoms with van der Waals surface area (Å²) in [5, 5.41) is 9.22. The van der Waals surface area contributed by atoms with Gasteiger partial charge in [-0.05, 0) is 48.9 Å². The monoisotopic (exact) mass is 593 g/mol. The second-order valence-corrected chi connectivity index (χ2v) is 8.62. The van der Waals surface area contributed by atoms with Crippen LogP contribution < -0.4 is 14.2 Å². The number of alkyl halides is 5. The van der Waals surface area contributed by atoms with E-state index in [0.717, 1.165) is 29.2 Å². The van der Waals surface area contributed by atoms with E-state index in [0.29, 0.717) is 11.3 Å². The number of aliphatic carboxylic acids is 1. The molecule has 0 aliphatic carbocycles. The second kappa shape index (κ2) is 16.0. The van der Waals surface area contributed by atoms with E-state index in [1.54, 1.807) is 31.2 Å². The molecule has 2 aromatic carbocycles. The van der Waals surface area contributed by atoms with Crippen molar-refractivity contribution < 1.29 is 60.3 Å². The van der Waals surface area contributed by atoms with Gasteiger partial charge in [0.25, 0.3) is 5.92 Å². The van der Waals surface area contributed by atoms with Gasteiger partial charge in [-0.3, -0.25) is 0 Å². The Bertz CT molecular complexity index is 1080. The number of carbonyl (C=O) groups is 2. The van der Waals surface area contributed by atoms with Gasteiger partial charge in [-0.25, -0.2) is 18.4 Å². The van der Waals surface area contributed by atoms with E-state index in [2.05, 4.69) is 4.74 Å². The highest BCUT2D eigenvalue weighted by Gasteiger charge is 2.31. The van der Waals surface area contributed by atoms with Crippen LogP contribution in [0.15, 0.2) is 48.5 Å². The molecular weight excluding hydrogens is 561 g/mol. The molecule has 9 nitrogen and oxygen atoms in total. The molecule has 41 heavy (non-hydrogen) atoms. The fraction of sp³-hybridized carbons (Fsp3) is 0.481. The zero-order valence-electron chi connectivity index (χ0n) is 22.5. The molecule has 1 unspecified atom stereocenters. The van der Waals surface area contributed by atoms with Crippen molar-refractivity contribution >= 4 is 12.1 Å². The summed E-state index contributed by atoms with van der Waals surface area (Å²) in [6.07, 6.45) is -7.03. The van der Waals surface area contributed by atoms with E-state index in [4.69, 9.17) is 18.9 Å². The molecule has 0 saturated carbocycles. The summed E-state index contributed by atoms with van der Waals surface area (Å²) in [5.74, 6) is -4.25. The SMILES string of the molecule is CCOC(Cc1ccc(OCCN(CCOCC(F)(F)CC)C(=O)Oc2ccc(OC(F)(F)F)cc2)cc1)C(=O)O. The summed E-state index contributed by atoms with van der Waals surface area (Å²) in [4.78, 5) is 25.2. The van der Waals surface area contributed by atoms with Gasteiger partial charge in [0.1, 0.15) is 30.5 Å². The first-order valence-corrected chi connectivity index (χ1v) is 12.7. The Labute approximate surface area is 233 Å². The first kappa shape index (κ1) is 33.6. The van der Waals surface area contributed by atoms with Crippen molar-refractivity contribution in [2.75, 3.05) is 39.5 Å². The van der Waals surface area contributed by atoms with Gasteiger partial charge in [0.05, 0.1) is 13.2 Å². The molecule has 0 aromatic heterocycles. The van der Waals surface area contributed by atoms with Gasteiger partial charge >= 0.3 is 18.4 Å². The number of carboxylic acid groups (broad SMARTS) is 1. The lowest BCUT2D eigenvalue weighted by atomic mass is 10.1. The Morgan fingerprint density at radius 1 is 0.878 bits per heavy atom. The lowest BCUT2D eigenvalue weighted by Gasteiger charge is -2.23. The fourth-order valence-corrected chi connectivity index (χ4v) is 3.30. The highest BCUT2D eigenvalue weighted by molar-refractivity contribution is 5.72. The van der Waals surface area contributed by atoms with Crippen LogP contribution in [-0.4, -0.2) is 80.0 Å². The number of carboxylic acids is 1. The molecule has 2 aromatic rings.